The standard InChI is InChI=1S/C28H47N9O2/c1-2-3-4-7-16-30-28(38)39-36-17-14-22(15-18-36)32-25-24-26(37(19-31-24)23-8-5-6-9-23)35-27(34-25)33-21-12-10-20(29)11-13-21/h19-23H,2-18,29H2,1H3,(H,30,38)(H2,32,33,34,35). The van der Waals surface area contributed by atoms with Crippen molar-refractivity contribution in [2.75, 3.05) is 30.3 Å². The van der Waals surface area contributed by atoms with Gasteiger partial charge in [0.05, 0.1) is 6.33 Å². The molecule has 1 amide bonds. The molecule has 0 spiro atoms. The fraction of sp³-hybridized carbons (Fsp3) is 0.786. The number of hydroxylamine groups is 2. The quantitative estimate of drug-likeness (QED) is 0.298. The molecule has 11 heteroatoms. The van der Waals surface area contributed by atoms with Crippen LogP contribution in [0.2, 0.25) is 0 Å². The third-order valence-electron chi connectivity index (χ3n) is 8.55. The monoisotopic (exact) mass is 541 g/mol. The largest absolute Gasteiger partial charge is 0.426 e. The molecule has 5 rings (SSSR count). The average Bonchev–Trinajstić information content (AvgIpc) is 3.61. The summed E-state index contributed by atoms with van der Waals surface area (Å²) in [7, 11) is 0. The van der Waals surface area contributed by atoms with Gasteiger partial charge in [0, 0.05) is 43.8 Å². The van der Waals surface area contributed by atoms with Crippen molar-refractivity contribution in [2.24, 2.45) is 5.73 Å². The topological polar surface area (TPSA) is 135 Å². The molecule has 5 N–H and O–H groups in total. The van der Waals surface area contributed by atoms with E-state index in [9.17, 15) is 4.79 Å². The Morgan fingerprint density at radius 3 is 2.46 bits per heavy atom. The van der Waals surface area contributed by atoms with Gasteiger partial charge in [0.25, 0.3) is 0 Å². The first kappa shape index (κ1) is 27.9. The van der Waals surface area contributed by atoms with Crippen molar-refractivity contribution in [3.63, 3.8) is 0 Å². The van der Waals surface area contributed by atoms with Crippen LogP contribution < -0.4 is 21.7 Å². The van der Waals surface area contributed by atoms with E-state index in [0.717, 1.165) is 68.3 Å². The van der Waals surface area contributed by atoms with Gasteiger partial charge in [0.2, 0.25) is 5.95 Å². The molecule has 3 aliphatic rings. The van der Waals surface area contributed by atoms with Crippen molar-refractivity contribution < 1.29 is 9.63 Å². The molecule has 3 fully saturated rings. The van der Waals surface area contributed by atoms with Crippen LogP contribution in [0.4, 0.5) is 16.6 Å². The number of hydrogen-bond acceptors (Lipinski definition) is 9. The number of amides is 1. The average molecular weight is 542 g/mol. The fourth-order valence-corrected chi connectivity index (χ4v) is 6.15. The van der Waals surface area contributed by atoms with Gasteiger partial charge in [-0.2, -0.15) is 9.97 Å². The minimum atomic E-state index is -0.354. The lowest BCUT2D eigenvalue weighted by atomic mass is 9.92. The van der Waals surface area contributed by atoms with Gasteiger partial charge < -0.3 is 31.1 Å². The fourth-order valence-electron chi connectivity index (χ4n) is 6.15. The number of piperidine rings is 1. The van der Waals surface area contributed by atoms with Crippen molar-refractivity contribution in [2.45, 2.75) is 121 Å². The van der Waals surface area contributed by atoms with E-state index in [1.807, 2.05) is 6.33 Å². The molecule has 0 radical (unpaired) electrons. The third-order valence-corrected chi connectivity index (χ3v) is 8.55. The number of nitrogens with zero attached hydrogens (tertiary/aromatic N) is 5. The molecule has 2 aromatic rings. The molecule has 0 aromatic carbocycles. The van der Waals surface area contributed by atoms with Crippen LogP contribution in [0, 0.1) is 0 Å². The number of aromatic nitrogens is 4. The highest BCUT2D eigenvalue weighted by Crippen LogP contribution is 2.34. The predicted octanol–water partition coefficient (Wildman–Crippen LogP) is 4.72. The van der Waals surface area contributed by atoms with E-state index in [4.69, 9.17) is 25.5 Å². The van der Waals surface area contributed by atoms with Crippen molar-refractivity contribution >= 4 is 29.0 Å². The smallest absolute Gasteiger partial charge is 0.365 e. The van der Waals surface area contributed by atoms with E-state index < -0.39 is 0 Å². The molecule has 0 bridgehead atoms. The zero-order valence-corrected chi connectivity index (χ0v) is 23.5. The van der Waals surface area contributed by atoms with Crippen LogP contribution in [0.1, 0.15) is 103 Å². The second-order valence-electron chi connectivity index (χ2n) is 11.6. The number of carbonyl (C=O) groups excluding carboxylic acids is 1. The SMILES string of the molecule is CCCCCCNC(=O)ON1CCC(Nc2nc(NC3CCC(N)CC3)nc3c2ncn3C2CCCC2)CC1. The number of rotatable bonds is 11. The molecular weight excluding hydrogens is 494 g/mol. The molecule has 1 aliphatic heterocycles. The third kappa shape index (κ3) is 7.51. The summed E-state index contributed by atoms with van der Waals surface area (Å²) in [4.78, 5) is 32.4. The minimum Gasteiger partial charge on any atom is -0.365 e. The van der Waals surface area contributed by atoms with Gasteiger partial charge in [0.1, 0.15) is 0 Å². The Morgan fingerprint density at radius 2 is 1.72 bits per heavy atom. The number of imidazole rings is 1. The summed E-state index contributed by atoms with van der Waals surface area (Å²) in [6.45, 7) is 4.21. The number of nitrogens with two attached hydrogens (primary N) is 1. The summed E-state index contributed by atoms with van der Waals surface area (Å²) in [5, 5.41) is 11.9. The molecule has 2 saturated carbocycles. The number of fused-ring (bicyclic) bond motifs is 1. The predicted molar refractivity (Wildman–Crippen MR) is 154 cm³/mol. The number of anilines is 2. The summed E-state index contributed by atoms with van der Waals surface area (Å²) in [5.74, 6) is 1.46. The van der Waals surface area contributed by atoms with Crippen LogP contribution in [0.25, 0.3) is 11.2 Å². The van der Waals surface area contributed by atoms with E-state index >= 15 is 0 Å². The highest BCUT2D eigenvalue weighted by molar-refractivity contribution is 5.84. The van der Waals surface area contributed by atoms with Gasteiger partial charge in [-0.25, -0.2) is 9.78 Å². The first-order valence-corrected chi connectivity index (χ1v) is 15.3. The number of unbranched alkanes of at least 4 members (excludes halogenated alkanes) is 3. The van der Waals surface area contributed by atoms with Crippen molar-refractivity contribution in [1.82, 2.24) is 29.9 Å². The Bertz CT molecular complexity index is 1050. The number of hydrogen-bond donors (Lipinski definition) is 4. The van der Waals surface area contributed by atoms with E-state index in [2.05, 4.69) is 27.4 Å². The Kier molecular flexibility index (Phi) is 9.73. The Labute approximate surface area is 232 Å². The molecule has 2 aromatic heterocycles. The zero-order chi connectivity index (χ0) is 27.0. The van der Waals surface area contributed by atoms with E-state index in [1.54, 1.807) is 5.06 Å². The maximum absolute atomic E-state index is 12.2. The van der Waals surface area contributed by atoms with Crippen LogP contribution in [0.3, 0.4) is 0 Å². The molecular formula is C28H47N9O2. The lowest BCUT2D eigenvalue weighted by Crippen LogP contribution is -2.42. The van der Waals surface area contributed by atoms with E-state index in [-0.39, 0.29) is 12.1 Å². The van der Waals surface area contributed by atoms with Gasteiger partial charge in [-0.05, 0) is 57.8 Å². The summed E-state index contributed by atoms with van der Waals surface area (Å²) >= 11 is 0. The zero-order valence-electron chi connectivity index (χ0n) is 23.5. The van der Waals surface area contributed by atoms with Crippen LogP contribution in [-0.2, 0) is 4.84 Å². The molecule has 3 heterocycles. The Balaban J connectivity index is 1.21. The van der Waals surface area contributed by atoms with Gasteiger partial charge in [-0.3, -0.25) is 0 Å². The van der Waals surface area contributed by atoms with E-state index in [0.29, 0.717) is 43.7 Å². The van der Waals surface area contributed by atoms with Crippen molar-refractivity contribution in [3.05, 3.63) is 6.33 Å². The summed E-state index contributed by atoms with van der Waals surface area (Å²) in [6, 6.07) is 1.32. The second kappa shape index (κ2) is 13.6. The molecule has 216 valence electrons. The van der Waals surface area contributed by atoms with Gasteiger partial charge in [0.15, 0.2) is 17.0 Å². The molecule has 2 aliphatic carbocycles. The molecule has 39 heavy (non-hydrogen) atoms. The number of carbonyl (C=O) groups is 1. The van der Waals surface area contributed by atoms with Crippen LogP contribution in [0.5, 0.6) is 0 Å². The van der Waals surface area contributed by atoms with Crippen molar-refractivity contribution in [1.29, 1.82) is 0 Å². The molecule has 1 saturated heterocycles. The summed E-state index contributed by atoms with van der Waals surface area (Å²) in [6.07, 6.45) is 16.8. The second-order valence-corrected chi connectivity index (χ2v) is 11.6. The lowest BCUT2D eigenvalue weighted by molar-refractivity contribution is -0.112. The molecule has 0 unspecified atom stereocenters. The van der Waals surface area contributed by atoms with E-state index in [1.165, 1.54) is 38.5 Å². The lowest BCUT2D eigenvalue weighted by Gasteiger charge is -2.31. The summed E-state index contributed by atoms with van der Waals surface area (Å²) < 4.78 is 2.26. The van der Waals surface area contributed by atoms with Gasteiger partial charge >= 0.3 is 6.09 Å². The number of nitrogens with one attached hydrogen (secondary N) is 3. The Morgan fingerprint density at radius 1 is 0.974 bits per heavy atom. The normalized spacial score (nSPS) is 23.2. The molecule has 0 atom stereocenters. The molecule has 11 nitrogen and oxygen atoms in total. The highest BCUT2D eigenvalue weighted by atomic mass is 16.7. The maximum atomic E-state index is 12.2. The van der Waals surface area contributed by atoms with Crippen LogP contribution in [0.15, 0.2) is 6.33 Å². The van der Waals surface area contributed by atoms with Crippen LogP contribution >= 0.6 is 0 Å². The maximum Gasteiger partial charge on any atom is 0.426 e. The first-order valence-electron chi connectivity index (χ1n) is 15.3. The van der Waals surface area contributed by atoms with Crippen LogP contribution in [-0.4, -0.2) is 68.4 Å². The van der Waals surface area contributed by atoms with Gasteiger partial charge in [-0.1, -0.05) is 39.0 Å². The first-order chi connectivity index (χ1) is 19.1. The Hall–Kier alpha value is -2.66. The highest BCUT2D eigenvalue weighted by Gasteiger charge is 2.27. The van der Waals surface area contributed by atoms with Crippen molar-refractivity contribution in [3.8, 4) is 0 Å². The summed E-state index contributed by atoms with van der Waals surface area (Å²) in [5.41, 5.74) is 7.87. The minimum absolute atomic E-state index is 0.220. The van der Waals surface area contributed by atoms with Gasteiger partial charge in [-0.15, -0.1) is 5.06 Å².